The molecule has 0 aromatic heterocycles. The molecule has 0 spiro atoms. The topological polar surface area (TPSA) is 69.4 Å². The Kier molecular flexibility index (Phi) is 4.71. The van der Waals surface area contributed by atoms with E-state index in [1.807, 2.05) is 0 Å². The molecule has 5 nitrogen and oxygen atoms in total. The smallest absolute Gasteiger partial charge is 0.302 e. The van der Waals surface area contributed by atoms with Gasteiger partial charge in [-0.25, -0.2) is 0 Å². The zero-order valence-electron chi connectivity index (χ0n) is 11.5. The van der Waals surface area contributed by atoms with Gasteiger partial charge in [-0.1, -0.05) is 13.8 Å². The minimum absolute atomic E-state index is 0.00958. The lowest BCUT2D eigenvalue weighted by Gasteiger charge is -2.41. The van der Waals surface area contributed by atoms with Crippen molar-refractivity contribution in [1.82, 2.24) is 0 Å². The van der Waals surface area contributed by atoms with Crippen LogP contribution in [0.25, 0.3) is 0 Å². The highest BCUT2D eigenvalue weighted by atomic mass is 16.6. The van der Waals surface area contributed by atoms with Crippen LogP contribution < -0.4 is 0 Å². The summed E-state index contributed by atoms with van der Waals surface area (Å²) in [6.45, 7) is 6.06. The molecule has 5 heteroatoms. The molecule has 0 aliphatic heterocycles. The lowest BCUT2D eigenvalue weighted by molar-refractivity contribution is -0.500. The van der Waals surface area contributed by atoms with E-state index in [0.717, 1.165) is 25.7 Å². The lowest BCUT2D eigenvalue weighted by Crippen LogP contribution is -2.37. The summed E-state index contributed by atoms with van der Waals surface area (Å²) in [4.78, 5) is 21.4. The summed E-state index contributed by atoms with van der Waals surface area (Å²) >= 11 is 0. The molecule has 1 fully saturated rings. The van der Waals surface area contributed by atoms with Crippen LogP contribution in [0.15, 0.2) is 0 Å². The molecule has 1 rings (SSSR count). The Balaban J connectivity index is 2.60. The fraction of sp³-hybridized carbons (Fsp3) is 0.923. The van der Waals surface area contributed by atoms with Gasteiger partial charge in [0.25, 0.3) is 0 Å². The average molecular weight is 257 g/mol. The first-order valence-electron chi connectivity index (χ1n) is 6.50. The highest BCUT2D eigenvalue weighted by molar-refractivity contribution is 5.65. The molecule has 0 heterocycles. The quantitative estimate of drug-likeness (QED) is 0.431. The van der Waals surface area contributed by atoms with Gasteiger partial charge in [0.05, 0.1) is 6.61 Å². The van der Waals surface area contributed by atoms with Crippen molar-refractivity contribution in [2.24, 2.45) is 10.8 Å². The van der Waals surface area contributed by atoms with E-state index in [2.05, 4.69) is 13.8 Å². The molecule has 1 aliphatic rings. The molecule has 0 unspecified atom stereocenters. The molecule has 0 N–H and O–H groups in total. The Morgan fingerprint density at radius 2 is 1.83 bits per heavy atom. The molecule has 18 heavy (non-hydrogen) atoms. The van der Waals surface area contributed by atoms with E-state index >= 15 is 0 Å². The van der Waals surface area contributed by atoms with Crippen molar-refractivity contribution in [3.05, 3.63) is 10.1 Å². The molecule has 1 aliphatic carbocycles. The number of esters is 1. The molecule has 104 valence electrons. The molecule has 0 saturated heterocycles. The summed E-state index contributed by atoms with van der Waals surface area (Å²) in [5.41, 5.74) is -0.00397. The zero-order chi connectivity index (χ0) is 13.8. The number of carbonyl (C=O) groups is 1. The Morgan fingerprint density at radius 3 is 2.28 bits per heavy atom. The summed E-state index contributed by atoms with van der Waals surface area (Å²) in [5, 5.41) is 10.8. The van der Waals surface area contributed by atoms with E-state index in [1.165, 1.54) is 6.92 Å². The molecule has 0 aromatic rings. The van der Waals surface area contributed by atoms with Crippen molar-refractivity contribution in [3.63, 3.8) is 0 Å². The van der Waals surface area contributed by atoms with E-state index in [9.17, 15) is 14.9 Å². The van der Waals surface area contributed by atoms with Crippen LogP contribution in [0.4, 0.5) is 0 Å². The first-order chi connectivity index (χ1) is 8.25. The van der Waals surface area contributed by atoms with Gasteiger partial charge in [0.1, 0.15) is 0 Å². The van der Waals surface area contributed by atoms with Crippen LogP contribution >= 0.6 is 0 Å². The Hall–Kier alpha value is -1.13. The van der Waals surface area contributed by atoms with Gasteiger partial charge in [0.15, 0.2) is 0 Å². The first-order valence-corrected chi connectivity index (χ1v) is 6.50. The third-order valence-electron chi connectivity index (χ3n) is 4.07. The molecular weight excluding hydrogens is 234 g/mol. The molecule has 0 bridgehead atoms. The van der Waals surface area contributed by atoms with Crippen LogP contribution in [0, 0.1) is 20.9 Å². The van der Waals surface area contributed by atoms with E-state index in [-0.39, 0.29) is 28.3 Å². The van der Waals surface area contributed by atoms with Crippen molar-refractivity contribution < 1.29 is 14.5 Å². The van der Waals surface area contributed by atoms with E-state index < -0.39 is 0 Å². The maximum Gasteiger partial charge on any atom is 0.302 e. The van der Waals surface area contributed by atoms with Crippen LogP contribution in [-0.4, -0.2) is 24.0 Å². The van der Waals surface area contributed by atoms with Gasteiger partial charge in [-0.15, -0.1) is 0 Å². The van der Waals surface area contributed by atoms with Crippen LogP contribution in [0.3, 0.4) is 0 Å². The van der Waals surface area contributed by atoms with E-state index in [0.29, 0.717) is 13.0 Å². The summed E-state index contributed by atoms with van der Waals surface area (Å²) in [6.07, 6.45) is 4.30. The molecule has 1 saturated carbocycles. The molecule has 0 atom stereocenters. The van der Waals surface area contributed by atoms with E-state index in [4.69, 9.17) is 4.74 Å². The normalized spacial score (nSPS) is 21.3. The average Bonchev–Trinajstić information content (AvgIpc) is 2.21. The van der Waals surface area contributed by atoms with Crippen molar-refractivity contribution in [1.29, 1.82) is 0 Å². The van der Waals surface area contributed by atoms with Crippen molar-refractivity contribution in [2.75, 3.05) is 13.2 Å². The van der Waals surface area contributed by atoms with Gasteiger partial charge in [0, 0.05) is 17.3 Å². The van der Waals surface area contributed by atoms with Crippen LogP contribution in [0.1, 0.15) is 52.9 Å². The Bertz CT molecular complexity index is 315. The number of rotatable bonds is 5. The van der Waals surface area contributed by atoms with Gasteiger partial charge < -0.3 is 4.74 Å². The number of ether oxygens (including phenoxy) is 1. The standard InChI is InChI=1S/C13H23NO4/c1-11(15)18-9-8-13(10-14(16)17)6-4-12(2,3)5-7-13/h4-10H2,1-3H3. The number of hydrogen-bond acceptors (Lipinski definition) is 4. The van der Waals surface area contributed by atoms with Gasteiger partial charge in [-0.3, -0.25) is 14.9 Å². The monoisotopic (exact) mass is 257 g/mol. The van der Waals surface area contributed by atoms with Crippen molar-refractivity contribution in [2.45, 2.75) is 52.9 Å². The van der Waals surface area contributed by atoms with Crippen molar-refractivity contribution >= 4 is 5.97 Å². The molecule has 0 aromatic carbocycles. The largest absolute Gasteiger partial charge is 0.466 e. The van der Waals surface area contributed by atoms with Crippen molar-refractivity contribution in [3.8, 4) is 0 Å². The highest BCUT2D eigenvalue weighted by Gasteiger charge is 2.41. The number of carbonyl (C=O) groups excluding carboxylic acids is 1. The summed E-state index contributed by atoms with van der Waals surface area (Å²) < 4.78 is 4.94. The van der Waals surface area contributed by atoms with Crippen LogP contribution in [-0.2, 0) is 9.53 Å². The highest BCUT2D eigenvalue weighted by Crippen LogP contribution is 2.47. The Labute approximate surface area is 108 Å². The zero-order valence-corrected chi connectivity index (χ0v) is 11.5. The summed E-state index contributed by atoms with van der Waals surface area (Å²) in [6, 6.07) is 0. The predicted octanol–water partition coefficient (Wildman–Crippen LogP) is 2.80. The third kappa shape index (κ3) is 4.63. The second-order valence-electron chi connectivity index (χ2n) is 6.25. The van der Waals surface area contributed by atoms with Gasteiger partial charge in [0.2, 0.25) is 6.54 Å². The predicted molar refractivity (Wildman–Crippen MR) is 67.8 cm³/mol. The minimum Gasteiger partial charge on any atom is -0.466 e. The molecular formula is C13H23NO4. The third-order valence-corrected chi connectivity index (χ3v) is 4.07. The minimum atomic E-state index is -0.317. The number of nitrogens with zero attached hydrogens (tertiary/aromatic N) is 1. The first kappa shape index (κ1) is 14.9. The van der Waals surface area contributed by atoms with Crippen LogP contribution in [0.5, 0.6) is 0 Å². The Morgan fingerprint density at radius 1 is 1.28 bits per heavy atom. The fourth-order valence-electron chi connectivity index (χ4n) is 2.63. The van der Waals surface area contributed by atoms with Crippen LogP contribution in [0.2, 0.25) is 0 Å². The molecule has 0 radical (unpaired) electrons. The van der Waals surface area contributed by atoms with Gasteiger partial charge >= 0.3 is 5.97 Å². The van der Waals surface area contributed by atoms with Gasteiger partial charge in [-0.05, 0) is 37.5 Å². The second kappa shape index (κ2) is 5.67. The number of hydrogen-bond donors (Lipinski definition) is 0. The number of nitro groups is 1. The summed E-state index contributed by atoms with van der Waals surface area (Å²) in [7, 11) is 0. The maximum atomic E-state index is 10.8. The van der Waals surface area contributed by atoms with Gasteiger partial charge in [-0.2, -0.15) is 0 Å². The molecule has 0 amide bonds. The fourth-order valence-corrected chi connectivity index (χ4v) is 2.63. The second-order valence-corrected chi connectivity index (χ2v) is 6.25. The maximum absolute atomic E-state index is 10.8. The SMILES string of the molecule is CC(=O)OCCC1(C[N+](=O)[O-])CCC(C)(C)CC1. The summed E-state index contributed by atoms with van der Waals surface area (Å²) in [5.74, 6) is -0.317. The van der Waals surface area contributed by atoms with E-state index in [1.54, 1.807) is 0 Å². The lowest BCUT2D eigenvalue weighted by atomic mass is 9.64.